The lowest BCUT2D eigenvalue weighted by atomic mass is 9.45. The van der Waals surface area contributed by atoms with Crippen molar-refractivity contribution in [2.75, 3.05) is 0 Å². The van der Waals surface area contributed by atoms with E-state index in [-0.39, 0.29) is 0 Å². The van der Waals surface area contributed by atoms with E-state index in [1.54, 1.807) is 28.7 Å². The van der Waals surface area contributed by atoms with Gasteiger partial charge in [-0.1, -0.05) is 82.1 Å². The predicted octanol–water partition coefficient (Wildman–Crippen LogP) is 8.94. The summed E-state index contributed by atoms with van der Waals surface area (Å²) < 4.78 is 0. The maximum atomic E-state index is 2.70. The van der Waals surface area contributed by atoms with E-state index in [0.717, 1.165) is 41.4 Å². The summed E-state index contributed by atoms with van der Waals surface area (Å²) >= 11 is 0. The van der Waals surface area contributed by atoms with Crippen molar-refractivity contribution in [3.63, 3.8) is 0 Å². The zero-order valence-electron chi connectivity index (χ0n) is 21.2. The highest BCUT2D eigenvalue weighted by Gasteiger charge is 2.65. The second-order valence-corrected chi connectivity index (χ2v) is 12.3. The maximum absolute atomic E-state index is 2.70. The molecule has 0 aromatic heterocycles. The fourth-order valence-electron chi connectivity index (χ4n) is 10.3. The lowest BCUT2D eigenvalue weighted by Gasteiger charge is -2.60. The molecule has 0 heteroatoms. The zero-order chi connectivity index (χ0) is 22.6. The first kappa shape index (κ1) is 21.9. The summed E-state index contributed by atoms with van der Waals surface area (Å²) in [7, 11) is 0. The van der Waals surface area contributed by atoms with Crippen LogP contribution in [0.3, 0.4) is 0 Å². The van der Waals surface area contributed by atoms with E-state index >= 15 is 0 Å². The topological polar surface area (TPSA) is 0 Å². The standard InChI is InChI=1S/C33H44/c1-4-23-11-6-8-14-30(23)26-17-22(3)33-28(18-25-13-10-16-32(25)33)20-27(21-29(33)19-26)31-15-9-7-12-24(31)5-2/h6-9,11-12,14-15,22,25-29,32H,4-5,10,13,16-21H2,1-3H3/t22?,25?,26?,27?,28-,29+,32?,33?/m1/s1. The van der Waals surface area contributed by atoms with E-state index in [4.69, 9.17) is 0 Å². The third kappa shape index (κ3) is 3.30. The van der Waals surface area contributed by atoms with Gasteiger partial charge in [0, 0.05) is 0 Å². The van der Waals surface area contributed by atoms with E-state index in [0.29, 0.717) is 5.41 Å². The minimum atomic E-state index is 0.649. The molecule has 4 saturated carbocycles. The van der Waals surface area contributed by atoms with Crippen LogP contribution in [0.4, 0.5) is 0 Å². The van der Waals surface area contributed by atoms with Crippen LogP contribution in [0.5, 0.6) is 0 Å². The Kier molecular flexibility index (Phi) is 5.71. The highest BCUT2D eigenvalue weighted by molar-refractivity contribution is 5.34. The molecule has 4 aliphatic rings. The largest absolute Gasteiger partial charge is 0.0620 e. The maximum Gasteiger partial charge on any atom is -0.0154 e. The minimum absolute atomic E-state index is 0.649. The van der Waals surface area contributed by atoms with Gasteiger partial charge in [0.1, 0.15) is 0 Å². The molecule has 0 amide bonds. The Morgan fingerprint density at radius 1 is 0.697 bits per heavy atom. The Balaban J connectivity index is 1.40. The molecule has 2 aromatic carbocycles. The molecule has 8 atom stereocenters. The molecule has 0 radical (unpaired) electrons. The molecule has 0 heterocycles. The van der Waals surface area contributed by atoms with Crippen LogP contribution in [0.2, 0.25) is 0 Å². The van der Waals surface area contributed by atoms with Crippen molar-refractivity contribution in [3.8, 4) is 0 Å². The summed E-state index contributed by atoms with van der Waals surface area (Å²) in [4.78, 5) is 0. The first-order chi connectivity index (χ1) is 16.2. The number of fused-ring (bicyclic) bond motifs is 1. The Morgan fingerprint density at radius 2 is 1.24 bits per heavy atom. The molecule has 1 spiro atoms. The van der Waals surface area contributed by atoms with E-state index in [9.17, 15) is 0 Å². The minimum Gasteiger partial charge on any atom is -0.0620 e. The molecule has 6 rings (SSSR count). The quantitative estimate of drug-likeness (QED) is 0.445. The third-order valence-corrected chi connectivity index (χ3v) is 11.3. The number of hydrogen-bond donors (Lipinski definition) is 0. The predicted molar refractivity (Wildman–Crippen MR) is 140 cm³/mol. The van der Waals surface area contributed by atoms with Gasteiger partial charge in [0.05, 0.1) is 0 Å². The van der Waals surface area contributed by atoms with Gasteiger partial charge in [0.2, 0.25) is 0 Å². The van der Waals surface area contributed by atoms with Gasteiger partial charge in [0.25, 0.3) is 0 Å². The molecule has 0 nitrogen and oxygen atoms in total. The summed E-state index contributed by atoms with van der Waals surface area (Å²) in [6.45, 7) is 7.40. The SMILES string of the molecule is CCc1ccccc1C1CC(C)C23C4CCCC4C[C@@H]2CC(c2ccccc2CC)C[C@@H]3C1. The summed E-state index contributed by atoms with van der Waals surface area (Å²) in [5.74, 6) is 6.40. The van der Waals surface area contributed by atoms with Crippen molar-refractivity contribution in [2.45, 2.75) is 96.8 Å². The van der Waals surface area contributed by atoms with Crippen molar-refractivity contribution >= 4 is 0 Å². The van der Waals surface area contributed by atoms with Crippen molar-refractivity contribution in [1.29, 1.82) is 0 Å². The van der Waals surface area contributed by atoms with Crippen molar-refractivity contribution < 1.29 is 0 Å². The lowest BCUT2D eigenvalue weighted by Crippen LogP contribution is -2.52. The summed E-state index contributed by atoms with van der Waals surface area (Å²) in [5, 5.41) is 0. The zero-order valence-corrected chi connectivity index (χ0v) is 21.2. The van der Waals surface area contributed by atoms with Crippen LogP contribution in [-0.2, 0) is 12.8 Å². The van der Waals surface area contributed by atoms with Gasteiger partial charge in [0.15, 0.2) is 0 Å². The molecule has 6 unspecified atom stereocenters. The molecule has 0 N–H and O–H groups in total. The molecule has 4 aliphatic carbocycles. The Bertz CT molecular complexity index is 985. The monoisotopic (exact) mass is 440 g/mol. The number of hydrogen-bond acceptors (Lipinski definition) is 0. The highest BCUT2D eigenvalue weighted by atomic mass is 14.7. The Morgan fingerprint density at radius 3 is 1.85 bits per heavy atom. The highest BCUT2D eigenvalue weighted by Crippen LogP contribution is 2.73. The fourth-order valence-corrected chi connectivity index (χ4v) is 10.3. The fraction of sp³-hybridized carbons (Fsp3) is 0.636. The molecule has 0 bridgehead atoms. The van der Waals surface area contributed by atoms with Gasteiger partial charge in [-0.2, -0.15) is 0 Å². The van der Waals surface area contributed by atoms with Gasteiger partial charge in [-0.15, -0.1) is 0 Å². The van der Waals surface area contributed by atoms with E-state index in [1.165, 1.54) is 57.8 Å². The first-order valence-corrected chi connectivity index (χ1v) is 14.3. The van der Waals surface area contributed by atoms with Gasteiger partial charge < -0.3 is 0 Å². The van der Waals surface area contributed by atoms with Crippen molar-refractivity contribution in [3.05, 3.63) is 70.8 Å². The number of benzene rings is 2. The molecule has 33 heavy (non-hydrogen) atoms. The van der Waals surface area contributed by atoms with Crippen LogP contribution in [0.15, 0.2) is 48.5 Å². The van der Waals surface area contributed by atoms with Gasteiger partial charge in [-0.25, -0.2) is 0 Å². The van der Waals surface area contributed by atoms with Crippen LogP contribution in [0.1, 0.15) is 106 Å². The first-order valence-electron chi connectivity index (χ1n) is 14.3. The summed E-state index contributed by atoms with van der Waals surface area (Å²) in [6.07, 6.45) is 14.3. The molecule has 176 valence electrons. The summed E-state index contributed by atoms with van der Waals surface area (Å²) in [6, 6.07) is 18.9. The molecule has 4 fully saturated rings. The second kappa shape index (κ2) is 8.58. The summed E-state index contributed by atoms with van der Waals surface area (Å²) in [5.41, 5.74) is 7.27. The van der Waals surface area contributed by atoms with Crippen LogP contribution in [0, 0.1) is 35.0 Å². The van der Waals surface area contributed by atoms with Crippen LogP contribution in [-0.4, -0.2) is 0 Å². The third-order valence-electron chi connectivity index (χ3n) is 11.3. The number of aryl methyl sites for hydroxylation is 2. The van der Waals surface area contributed by atoms with E-state index < -0.39 is 0 Å². The van der Waals surface area contributed by atoms with Gasteiger partial charge in [-0.05, 0) is 120 Å². The van der Waals surface area contributed by atoms with Crippen LogP contribution >= 0.6 is 0 Å². The Labute approximate surface area is 202 Å². The molecule has 0 aliphatic heterocycles. The van der Waals surface area contributed by atoms with Crippen LogP contribution < -0.4 is 0 Å². The lowest BCUT2D eigenvalue weighted by molar-refractivity contribution is -0.0888. The smallest absolute Gasteiger partial charge is 0.0154 e. The molecular weight excluding hydrogens is 396 g/mol. The average Bonchev–Trinajstić information content (AvgIpc) is 3.43. The molecule has 0 saturated heterocycles. The van der Waals surface area contributed by atoms with E-state index in [2.05, 4.69) is 69.3 Å². The second-order valence-electron chi connectivity index (χ2n) is 12.3. The van der Waals surface area contributed by atoms with Crippen LogP contribution in [0.25, 0.3) is 0 Å². The normalized spacial score (nSPS) is 39.7. The Hall–Kier alpha value is -1.56. The van der Waals surface area contributed by atoms with Crippen molar-refractivity contribution in [1.82, 2.24) is 0 Å². The van der Waals surface area contributed by atoms with Crippen molar-refractivity contribution in [2.24, 2.45) is 35.0 Å². The molecular formula is C33H44. The average molecular weight is 441 g/mol. The molecule has 2 aromatic rings. The van der Waals surface area contributed by atoms with E-state index in [1.807, 2.05) is 0 Å². The van der Waals surface area contributed by atoms with Gasteiger partial charge in [-0.3, -0.25) is 0 Å². The number of rotatable bonds is 4. The van der Waals surface area contributed by atoms with Gasteiger partial charge >= 0.3 is 0 Å².